The Morgan fingerprint density at radius 3 is 1.76 bits per heavy atom. The molecule has 292 valence electrons. The average Bonchev–Trinajstić information content (AvgIpc) is 3.15. The summed E-state index contributed by atoms with van der Waals surface area (Å²) in [5.41, 5.74) is 19.5. The Kier molecular flexibility index (Phi) is 15.1. The molecule has 0 aliphatic rings. The van der Waals surface area contributed by atoms with Gasteiger partial charge in [-0.2, -0.15) is 0 Å². The monoisotopic (exact) mass is 747 g/mol. The lowest BCUT2D eigenvalue weighted by atomic mass is 9.81. The smallest absolute Gasteiger partial charge is 0.253 e. The van der Waals surface area contributed by atoms with Gasteiger partial charge in [0.15, 0.2) is 0 Å². The molecule has 0 aliphatic carbocycles. The molecule has 0 saturated heterocycles. The highest BCUT2D eigenvalue weighted by atomic mass is 16.2. The molecule has 4 atom stereocenters. The van der Waals surface area contributed by atoms with Crippen LogP contribution in [0.15, 0.2) is 91.0 Å². The van der Waals surface area contributed by atoms with Gasteiger partial charge in [0.2, 0.25) is 17.7 Å². The van der Waals surface area contributed by atoms with Gasteiger partial charge in [-0.05, 0) is 130 Å². The first-order chi connectivity index (χ1) is 26.2. The molecular weight excluding hydrogens is 691 g/mol. The molecule has 11 heteroatoms. The Hall–Kier alpha value is -5.52. The van der Waals surface area contributed by atoms with Crippen molar-refractivity contribution in [2.45, 2.75) is 77.9 Å². The molecule has 0 bridgehead atoms. The van der Waals surface area contributed by atoms with E-state index in [0.29, 0.717) is 36.2 Å². The molecule has 7 N–H and O–H groups in total. The van der Waals surface area contributed by atoms with Crippen molar-refractivity contribution in [3.8, 4) is 0 Å². The molecule has 55 heavy (non-hydrogen) atoms. The molecule has 4 aromatic rings. The molecule has 11 nitrogen and oxygen atoms in total. The summed E-state index contributed by atoms with van der Waals surface area (Å²) in [6.45, 7) is 10.9. The van der Waals surface area contributed by atoms with E-state index in [1.54, 1.807) is 45.8 Å². The van der Waals surface area contributed by atoms with Crippen molar-refractivity contribution < 1.29 is 19.2 Å². The minimum Gasteiger partial charge on any atom is -0.372 e. The summed E-state index contributed by atoms with van der Waals surface area (Å²) in [6.07, 6.45) is 1.75. The third kappa shape index (κ3) is 11.7. The Bertz CT molecular complexity index is 1950. The Morgan fingerprint density at radius 2 is 1.18 bits per heavy atom. The average molecular weight is 748 g/mol. The number of amides is 4. The van der Waals surface area contributed by atoms with Gasteiger partial charge < -0.3 is 37.2 Å². The first-order valence-electron chi connectivity index (χ1n) is 19.0. The van der Waals surface area contributed by atoms with Crippen molar-refractivity contribution in [3.05, 3.63) is 124 Å². The number of rotatable bonds is 17. The third-order valence-corrected chi connectivity index (χ3v) is 9.64. The summed E-state index contributed by atoms with van der Waals surface area (Å²) in [7, 11) is 3.50. The van der Waals surface area contributed by atoms with Crippen LogP contribution in [0, 0.1) is 0 Å². The number of nitrogens with one attached hydrogen (secondary N) is 3. The highest BCUT2D eigenvalue weighted by molar-refractivity contribution is 5.98. The second kappa shape index (κ2) is 19.7. The molecule has 0 radical (unpaired) electrons. The molecule has 0 fully saturated rings. The topological polar surface area (TPSA) is 163 Å². The molecule has 1 unspecified atom stereocenters. The van der Waals surface area contributed by atoms with Crippen LogP contribution >= 0.6 is 0 Å². The van der Waals surface area contributed by atoms with Gasteiger partial charge >= 0.3 is 0 Å². The normalized spacial score (nSPS) is 13.2. The van der Waals surface area contributed by atoms with Crippen LogP contribution in [0.3, 0.4) is 0 Å². The number of hydrogen-bond donors (Lipinski definition) is 5. The first kappa shape index (κ1) is 42.2. The van der Waals surface area contributed by atoms with Crippen LogP contribution in [0.5, 0.6) is 0 Å². The standard InChI is InChI=1S/C44H57N7O4/c1-8-51(9-2)37-19-12-16-32(26-37)23-34(22-31-14-10-17-35(24-31)48-42(53)29(4)46)38-20-13-21-39(44(55)50(6)7)40(38)27-33-15-11-18-36(25-33)49-43(54)30(5)47-41(52)28(3)45/h10-21,24-26,28-30,34H,8-9,22-23,27,45-46H2,1-7H3,(H,47,52)(H,48,53)(H,49,54)/t28-,29-,30-,34?/m0/s1. The number of carbonyl (C=O) groups excluding carboxylic acids is 4. The second-order valence-electron chi connectivity index (χ2n) is 14.4. The molecule has 0 heterocycles. The fraction of sp³-hybridized carbons (Fsp3) is 0.364. The minimum absolute atomic E-state index is 0.0615. The number of benzene rings is 4. The van der Waals surface area contributed by atoms with E-state index >= 15 is 0 Å². The number of anilines is 3. The van der Waals surface area contributed by atoms with Gasteiger partial charge in [0.25, 0.3) is 5.91 Å². The van der Waals surface area contributed by atoms with Crippen molar-refractivity contribution >= 4 is 40.7 Å². The SMILES string of the molecule is CCN(CC)c1cccc(CC(Cc2cccc(NC(=O)[C@H](C)N)c2)c2cccc(C(=O)N(C)C)c2Cc2cccc(NC(=O)[C@H](C)NC(=O)[C@H](C)N)c2)c1. The van der Waals surface area contributed by atoms with E-state index in [1.807, 2.05) is 48.5 Å². The molecule has 4 aromatic carbocycles. The van der Waals surface area contributed by atoms with Crippen molar-refractivity contribution in [3.63, 3.8) is 0 Å². The summed E-state index contributed by atoms with van der Waals surface area (Å²) in [4.78, 5) is 55.3. The van der Waals surface area contributed by atoms with Crippen LogP contribution in [0.1, 0.15) is 78.7 Å². The number of nitrogens with two attached hydrogens (primary N) is 2. The van der Waals surface area contributed by atoms with E-state index in [4.69, 9.17) is 11.5 Å². The fourth-order valence-corrected chi connectivity index (χ4v) is 6.61. The van der Waals surface area contributed by atoms with Crippen molar-refractivity contribution in [1.82, 2.24) is 10.2 Å². The first-order valence-corrected chi connectivity index (χ1v) is 19.0. The quantitative estimate of drug-likeness (QED) is 0.0957. The summed E-state index contributed by atoms with van der Waals surface area (Å²) in [5.74, 6) is -1.22. The van der Waals surface area contributed by atoms with E-state index < -0.39 is 24.0 Å². The predicted molar refractivity (Wildman–Crippen MR) is 222 cm³/mol. The molecule has 4 amide bonds. The van der Waals surface area contributed by atoms with Gasteiger partial charge in [0.05, 0.1) is 12.1 Å². The lowest BCUT2D eigenvalue weighted by Gasteiger charge is -2.26. The van der Waals surface area contributed by atoms with Crippen LogP contribution in [0.25, 0.3) is 0 Å². The Morgan fingerprint density at radius 1 is 0.655 bits per heavy atom. The second-order valence-corrected chi connectivity index (χ2v) is 14.4. The van der Waals surface area contributed by atoms with Crippen LogP contribution in [0.4, 0.5) is 17.1 Å². The zero-order valence-electron chi connectivity index (χ0n) is 33.2. The van der Waals surface area contributed by atoms with Crippen molar-refractivity contribution in [2.75, 3.05) is 42.7 Å². The summed E-state index contributed by atoms with van der Waals surface area (Å²) in [5, 5.41) is 8.46. The maximum absolute atomic E-state index is 13.8. The molecule has 0 aliphatic heterocycles. The molecule has 0 aromatic heterocycles. The van der Waals surface area contributed by atoms with Gasteiger partial charge in [0, 0.05) is 49.8 Å². The zero-order valence-corrected chi connectivity index (χ0v) is 33.2. The Balaban J connectivity index is 1.79. The lowest BCUT2D eigenvalue weighted by molar-refractivity contribution is -0.126. The van der Waals surface area contributed by atoms with Crippen molar-refractivity contribution in [1.29, 1.82) is 0 Å². The molecule has 0 spiro atoms. The predicted octanol–water partition coefficient (Wildman–Crippen LogP) is 5.47. The lowest BCUT2D eigenvalue weighted by Crippen LogP contribution is -2.47. The number of nitrogens with zero attached hydrogens (tertiary/aromatic N) is 2. The van der Waals surface area contributed by atoms with Crippen LogP contribution in [-0.2, 0) is 33.6 Å². The zero-order chi connectivity index (χ0) is 40.2. The number of hydrogen-bond acceptors (Lipinski definition) is 7. The van der Waals surface area contributed by atoms with E-state index in [2.05, 4.69) is 71.1 Å². The number of carbonyl (C=O) groups is 4. The third-order valence-electron chi connectivity index (χ3n) is 9.64. The summed E-state index contributed by atoms with van der Waals surface area (Å²) < 4.78 is 0. The molecular formula is C44H57N7O4. The van der Waals surface area contributed by atoms with Gasteiger partial charge in [-0.3, -0.25) is 19.2 Å². The maximum Gasteiger partial charge on any atom is 0.253 e. The van der Waals surface area contributed by atoms with Crippen LogP contribution < -0.4 is 32.3 Å². The van der Waals surface area contributed by atoms with Crippen molar-refractivity contribution in [2.24, 2.45) is 11.5 Å². The highest BCUT2D eigenvalue weighted by Gasteiger charge is 2.24. The highest BCUT2D eigenvalue weighted by Crippen LogP contribution is 2.33. The van der Waals surface area contributed by atoms with E-state index in [-0.39, 0.29) is 23.6 Å². The van der Waals surface area contributed by atoms with Gasteiger partial charge in [-0.25, -0.2) is 0 Å². The summed E-state index contributed by atoms with van der Waals surface area (Å²) in [6, 6.07) is 27.7. The van der Waals surface area contributed by atoms with Crippen LogP contribution in [0.2, 0.25) is 0 Å². The molecule has 4 rings (SSSR count). The maximum atomic E-state index is 13.8. The van der Waals surface area contributed by atoms with E-state index in [0.717, 1.165) is 41.0 Å². The van der Waals surface area contributed by atoms with Gasteiger partial charge in [-0.1, -0.05) is 48.5 Å². The fourth-order valence-electron chi connectivity index (χ4n) is 6.61. The largest absolute Gasteiger partial charge is 0.372 e. The van der Waals surface area contributed by atoms with E-state index in [1.165, 1.54) is 5.56 Å². The van der Waals surface area contributed by atoms with Gasteiger partial charge in [0.1, 0.15) is 6.04 Å². The summed E-state index contributed by atoms with van der Waals surface area (Å²) >= 11 is 0. The van der Waals surface area contributed by atoms with E-state index in [9.17, 15) is 19.2 Å². The Labute approximate surface area is 325 Å². The van der Waals surface area contributed by atoms with Gasteiger partial charge in [-0.15, -0.1) is 0 Å². The molecule has 0 saturated carbocycles. The van der Waals surface area contributed by atoms with Crippen LogP contribution in [-0.4, -0.2) is 73.8 Å². The minimum atomic E-state index is -0.793.